The van der Waals surface area contributed by atoms with Gasteiger partial charge in [-0.05, 0) is 85.3 Å². The molecule has 0 spiro atoms. The maximum absolute atomic E-state index is 5.51. The van der Waals surface area contributed by atoms with Gasteiger partial charge in [-0.25, -0.2) is 9.97 Å². The first kappa shape index (κ1) is 34.9. The molecule has 0 radical (unpaired) electrons. The predicted octanol–water partition coefficient (Wildman–Crippen LogP) is 15.4. The Hall–Kier alpha value is -8.14. The van der Waals surface area contributed by atoms with Crippen molar-refractivity contribution in [1.82, 2.24) is 14.5 Å². The zero-order valence-electron chi connectivity index (χ0n) is 33.2. The van der Waals surface area contributed by atoms with Crippen LogP contribution in [0.2, 0.25) is 0 Å². The molecule has 0 unspecified atom stereocenters. The van der Waals surface area contributed by atoms with Crippen LogP contribution in [-0.4, -0.2) is 14.5 Å². The highest BCUT2D eigenvalue weighted by Gasteiger charge is 2.22. The summed E-state index contributed by atoms with van der Waals surface area (Å²) in [4.78, 5) is 10.9. The standard InChI is InChI=1S/C58H37N3/c1-5-17-38(18-6-1)39-29-31-43(32-30-39)58-57(42-23-11-4-12-24-42)59-51-34-33-44(35-52(51)60-58)61-53-36-49(40-19-7-2-8-20-40)45-25-13-15-27-47(45)55(53)56-48-28-16-14-26-46(48)50(37-54(56)61)41-21-9-3-10-22-41/h1-37H. The Morgan fingerprint density at radius 1 is 0.279 bits per heavy atom. The number of fused-ring (bicyclic) bond motifs is 8. The molecule has 0 N–H and O–H groups in total. The van der Waals surface area contributed by atoms with Crippen molar-refractivity contribution in [2.45, 2.75) is 0 Å². The van der Waals surface area contributed by atoms with Crippen molar-refractivity contribution in [3.8, 4) is 61.6 Å². The van der Waals surface area contributed by atoms with Gasteiger partial charge in [-0.15, -0.1) is 0 Å². The monoisotopic (exact) mass is 775 g/mol. The first-order valence-electron chi connectivity index (χ1n) is 20.8. The molecule has 0 bridgehead atoms. The third-order valence-electron chi connectivity index (χ3n) is 12.2. The predicted molar refractivity (Wildman–Crippen MR) is 256 cm³/mol. The second-order valence-corrected chi connectivity index (χ2v) is 15.7. The summed E-state index contributed by atoms with van der Waals surface area (Å²) in [6, 6.07) is 80.3. The zero-order chi connectivity index (χ0) is 40.3. The summed E-state index contributed by atoms with van der Waals surface area (Å²) in [7, 11) is 0. The Labute approximate surface area is 353 Å². The van der Waals surface area contributed by atoms with Crippen LogP contribution in [-0.2, 0) is 0 Å². The summed E-state index contributed by atoms with van der Waals surface area (Å²) in [6.07, 6.45) is 0. The van der Waals surface area contributed by atoms with Crippen LogP contribution < -0.4 is 0 Å². The van der Waals surface area contributed by atoms with E-state index in [0.717, 1.165) is 55.8 Å². The number of aromatic nitrogens is 3. The van der Waals surface area contributed by atoms with Crippen LogP contribution in [0.15, 0.2) is 224 Å². The molecular formula is C58H37N3. The largest absolute Gasteiger partial charge is 0.309 e. The second kappa shape index (κ2) is 14.3. The van der Waals surface area contributed by atoms with E-state index < -0.39 is 0 Å². The van der Waals surface area contributed by atoms with E-state index >= 15 is 0 Å². The minimum atomic E-state index is 0.836. The number of nitrogens with zero attached hydrogens (tertiary/aromatic N) is 3. The molecule has 3 nitrogen and oxygen atoms in total. The van der Waals surface area contributed by atoms with E-state index in [9.17, 15) is 0 Å². The van der Waals surface area contributed by atoms with E-state index in [4.69, 9.17) is 9.97 Å². The van der Waals surface area contributed by atoms with Gasteiger partial charge >= 0.3 is 0 Å². The first-order valence-corrected chi connectivity index (χ1v) is 20.8. The molecule has 0 fully saturated rings. The van der Waals surface area contributed by atoms with Gasteiger partial charge in [-0.1, -0.05) is 194 Å². The first-order chi connectivity index (χ1) is 30.3. The van der Waals surface area contributed by atoms with E-state index in [2.05, 4.69) is 223 Å². The zero-order valence-corrected chi connectivity index (χ0v) is 33.2. The fraction of sp³-hybridized carbons (Fsp3) is 0. The lowest BCUT2D eigenvalue weighted by atomic mass is 9.92. The van der Waals surface area contributed by atoms with Crippen molar-refractivity contribution >= 4 is 54.4 Å². The molecule has 2 aromatic heterocycles. The molecule has 12 rings (SSSR count). The molecule has 0 saturated carbocycles. The average molecular weight is 776 g/mol. The third kappa shape index (κ3) is 5.82. The van der Waals surface area contributed by atoms with Gasteiger partial charge in [0, 0.05) is 27.6 Å². The third-order valence-corrected chi connectivity index (χ3v) is 12.2. The molecule has 3 heteroatoms. The van der Waals surface area contributed by atoms with Crippen molar-refractivity contribution in [3.05, 3.63) is 224 Å². The van der Waals surface area contributed by atoms with Gasteiger partial charge in [0.1, 0.15) is 0 Å². The number of hydrogen-bond donors (Lipinski definition) is 0. The van der Waals surface area contributed by atoms with Crippen molar-refractivity contribution in [1.29, 1.82) is 0 Å². The molecule has 10 aromatic carbocycles. The minimum Gasteiger partial charge on any atom is -0.309 e. The van der Waals surface area contributed by atoms with Crippen LogP contribution >= 0.6 is 0 Å². The number of rotatable bonds is 6. The Morgan fingerprint density at radius 3 is 1.16 bits per heavy atom. The number of hydrogen-bond acceptors (Lipinski definition) is 2. The molecule has 12 aromatic rings. The summed E-state index contributed by atoms with van der Waals surface area (Å²) in [5.41, 5.74) is 15.9. The van der Waals surface area contributed by atoms with Gasteiger partial charge in [0.25, 0.3) is 0 Å². The Morgan fingerprint density at radius 2 is 0.656 bits per heavy atom. The van der Waals surface area contributed by atoms with Gasteiger partial charge < -0.3 is 4.57 Å². The Kier molecular flexibility index (Phi) is 8.17. The second-order valence-electron chi connectivity index (χ2n) is 15.7. The summed E-state index contributed by atoms with van der Waals surface area (Å²) in [6.45, 7) is 0. The summed E-state index contributed by atoms with van der Waals surface area (Å²) < 4.78 is 2.46. The molecule has 2 heterocycles. The van der Waals surface area contributed by atoms with Crippen molar-refractivity contribution in [2.24, 2.45) is 0 Å². The van der Waals surface area contributed by atoms with E-state index in [1.54, 1.807) is 0 Å². The van der Waals surface area contributed by atoms with Crippen molar-refractivity contribution in [2.75, 3.05) is 0 Å². The fourth-order valence-corrected chi connectivity index (χ4v) is 9.35. The van der Waals surface area contributed by atoms with Crippen molar-refractivity contribution < 1.29 is 0 Å². The maximum atomic E-state index is 5.51. The molecule has 284 valence electrons. The smallest absolute Gasteiger partial charge is 0.0973 e. The van der Waals surface area contributed by atoms with Gasteiger partial charge in [0.15, 0.2) is 0 Å². The summed E-state index contributed by atoms with van der Waals surface area (Å²) >= 11 is 0. The quantitative estimate of drug-likeness (QED) is 0.168. The maximum Gasteiger partial charge on any atom is 0.0973 e. The Bertz CT molecular complexity index is 3460. The highest BCUT2D eigenvalue weighted by atomic mass is 15.0. The van der Waals surface area contributed by atoms with E-state index in [1.807, 2.05) is 6.07 Å². The average Bonchev–Trinajstić information content (AvgIpc) is 3.68. The van der Waals surface area contributed by atoms with E-state index in [-0.39, 0.29) is 0 Å². The lowest BCUT2D eigenvalue weighted by molar-refractivity contribution is 1.18. The van der Waals surface area contributed by atoms with Crippen LogP contribution in [0.3, 0.4) is 0 Å². The van der Waals surface area contributed by atoms with Crippen LogP contribution in [0.5, 0.6) is 0 Å². The fourth-order valence-electron chi connectivity index (χ4n) is 9.35. The van der Waals surface area contributed by atoms with Gasteiger partial charge in [0.05, 0.1) is 33.5 Å². The highest BCUT2D eigenvalue weighted by Crippen LogP contribution is 2.46. The molecule has 0 saturated heterocycles. The molecule has 0 aliphatic rings. The molecule has 61 heavy (non-hydrogen) atoms. The van der Waals surface area contributed by atoms with Crippen LogP contribution in [0.4, 0.5) is 0 Å². The SMILES string of the molecule is c1ccc(-c2ccc(-c3nc4cc(-n5c6cc(-c7ccccc7)c7ccccc7c6c6c7ccccc7c(-c7ccccc7)cc65)ccc4nc3-c3ccccc3)cc2)cc1. The van der Waals surface area contributed by atoms with Crippen LogP contribution in [0.1, 0.15) is 0 Å². The highest BCUT2D eigenvalue weighted by molar-refractivity contribution is 6.31. The summed E-state index contributed by atoms with van der Waals surface area (Å²) in [5, 5.41) is 7.41. The molecule has 0 atom stereocenters. The molecule has 0 amide bonds. The van der Waals surface area contributed by atoms with Gasteiger partial charge in [-0.2, -0.15) is 0 Å². The van der Waals surface area contributed by atoms with Gasteiger partial charge in [0.2, 0.25) is 0 Å². The normalized spacial score (nSPS) is 11.6. The van der Waals surface area contributed by atoms with E-state index in [0.29, 0.717) is 0 Å². The van der Waals surface area contributed by atoms with Crippen LogP contribution in [0, 0.1) is 0 Å². The molecular weight excluding hydrogens is 739 g/mol. The molecule has 0 aliphatic heterocycles. The topological polar surface area (TPSA) is 30.7 Å². The van der Waals surface area contributed by atoms with Gasteiger partial charge in [-0.3, -0.25) is 0 Å². The Balaban J connectivity index is 1.16. The lowest BCUT2D eigenvalue weighted by Gasteiger charge is -2.15. The minimum absolute atomic E-state index is 0.836. The van der Waals surface area contributed by atoms with Crippen LogP contribution in [0.25, 0.3) is 116 Å². The lowest BCUT2D eigenvalue weighted by Crippen LogP contribution is -1.99. The molecule has 0 aliphatic carbocycles. The van der Waals surface area contributed by atoms with E-state index in [1.165, 1.54) is 60.1 Å². The summed E-state index contributed by atoms with van der Waals surface area (Å²) in [5.74, 6) is 0. The van der Waals surface area contributed by atoms with Crippen molar-refractivity contribution in [3.63, 3.8) is 0 Å². The number of benzene rings is 10.